The van der Waals surface area contributed by atoms with Gasteiger partial charge in [0.1, 0.15) is 12.3 Å². The molecule has 1 aliphatic rings. The van der Waals surface area contributed by atoms with Crippen LogP contribution in [0.4, 0.5) is 0 Å². The maximum Gasteiger partial charge on any atom is 0.246 e. The minimum Gasteiger partial charge on any atom is -0.391 e. The van der Waals surface area contributed by atoms with Crippen LogP contribution in [0.25, 0.3) is 0 Å². The smallest absolute Gasteiger partial charge is 0.246 e. The lowest BCUT2D eigenvalue weighted by Crippen LogP contribution is -2.28. The molecule has 1 fully saturated rings. The van der Waals surface area contributed by atoms with E-state index in [0.29, 0.717) is 25.9 Å². The third-order valence-electron chi connectivity index (χ3n) is 2.58. The Morgan fingerprint density at radius 1 is 1.12 bits per heavy atom. The minimum atomic E-state index is -0.496. The van der Waals surface area contributed by atoms with E-state index >= 15 is 0 Å². The summed E-state index contributed by atoms with van der Waals surface area (Å²) in [6.45, 7) is 0.311. The quantitative estimate of drug-likeness (QED) is 0.589. The van der Waals surface area contributed by atoms with E-state index in [4.69, 9.17) is 4.84 Å². The van der Waals surface area contributed by atoms with E-state index in [2.05, 4.69) is 5.16 Å². The zero-order valence-corrected chi connectivity index (χ0v) is 9.39. The van der Waals surface area contributed by atoms with Gasteiger partial charge in [-0.05, 0) is 18.4 Å². The van der Waals surface area contributed by atoms with Crippen molar-refractivity contribution in [2.45, 2.75) is 25.9 Å². The van der Waals surface area contributed by atoms with Crippen LogP contribution in [0.15, 0.2) is 35.5 Å². The Morgan fingerprint density at radius 2 is 1.88 bits per heavy atom. The van der Waals surface area contributed by atoms with Gasteiger partial charge in [-0.15, -0.1) is 0 Å². The third kappa shape index (κ3) is 3.00. The molecule has 17 heavy (non-hydrogen) atoms. The molecule has 0 unspecified atom stereocenters. The van der Waals surface area contributed by atoms with Crippen LogP contribution >= 0.6 is 0 Å². The lowest BCUT2D eigenvalue weighted by molar-refractivity contribution is -0.133. The highest BCUT2D eigenvalue weighted by molar-refractivity contribution is 6.66. The van der Waals surface area contributed by atoms with E-state index in [1.807, 2.05) is 30.3 Å². The lowest BCUT2D eigenvalue weighted by atomic mass is 9.96. The number of oxime groups is 1. The predicted octanol–water partition coefficient (Wildman–Crippen LogP) is 1.88. The van der Waals surface area contributed by atoms with Crippen molar-refractivity contribution in [2.75, 3.05) is 0 Å². The topological polar surface area (TPSA) is 55.7 Å². The molecule has 2 rings (SSSR count). The molecule has 1 aromatic rings. The summed E-state index contributed by atoms with van der Waals surface area (Å²) in [5.41, 5.74) is 1.23. The molecule has 0 aliphatic heterocycles. The predicted molar refractivity (Wildman–Crippen MR) is 62.5 cm³/mol. The van der Waals surface area contributed by atoms with Crippen molar-refractivity contribution in [3.05, 3.63) is 35.9 Å². The second-order valence-electron chi connectivity index (χ2n) is 3.90. The Labute approximate surface area is 99.3 Å². The summed E-state index contributed by atoms with van der Waals surface area (Å²) in [5, 5.41) is 3.76. The molecule has 0 saturated heterocycles. The number of hydrogen-bond acceptors (Lipinski definition) is 4. The van der Waals surface area contributed by atoms with Crippen LogP contribution in [-0.4, -0.2) is 17.3 Å². The summed E-state index contributed by atoms with van der Waals surface area (Å²) in [4.78, 5) is 27.7. The van der Waals surface area contributed by atoms with E-state index < -0.39 is 5.78 Å². The van der Waals surface area contributed by atoms with Gasteiger partial charge in [0.05, 0.1) is 0 Å². The van der Waals surface area contributed by atoms with Crippen molar-refractivity contribution in [1.82, 2.24) is 0 Å². The number of Topliss-reactive ketones (excluding diaryl/α,β-unsaturated/α-hetero) is 2. The molecule has 1 saturated carbocycles. The molecule has 0 heterocycles. The Kier molecular flexibility index (Phi) is 3.65. The second kappa shape index (κ2) is 5.39. The maximum atomic E-state index is 11.4. The van der Waals surface area contributed by atoms with Gasteiger partial charge >= 0.3 is 0 Å². The van der Waals surface area contributed by atoms with Gasteiger partial charge in [0.15, 0.2) is 0 Å². The molecule has 88 valence electrons. The molecule has 1 aliphatic carbocycles. The van der Waals surface area contributed by atoms with Gasteiger partial charge in [0.25, 0.3) is 0 Å². The fourth-order valence-corrected chi connectivity index (χ4v) is 1.65. The van der Waals surface area contributed by atoms with Gasteiger partial charge in [-0.3, -0.25) is 9.59 Å². The summed E-state index contributed by atoms with van der Waals surface area (Å²) < 4.78 is 0. The monoisotopic (exact) mass is 231 g/mol. The first-order valence-corrected chi connectivity index (χ1v) is 5.57. The van der Waals surface area contributed by atoms with Crippen LogP contribution in [0, 0.1) is 0 Å². The number of benzene rings is 1. The molecule has 0 spiro atoms. The number of hydrogen-bond donors (Lipinski definition) is 0. The van der Waals surface area contributed by atoms with Crippen molar-refractivity contribution >= 4 is 17.3 Å². The highest BCUT2D eigenvalue weighted by Gasteiger charge is 2.25. The molecule has 0 atom stereocenters. The van der Waals surface area contributed by atoms with E-state index in [0.717, 1.165) is 5.56 Å². The van der Waals surface area contributed by atoms with Gasteiger partial charge in [0.2, 0.25) is 11.6 Å². The normalized spacial score (nSPS) is 18.5. The zero-order valence-electron chi connectivity index (χ0n) is 9.39. The number of nitrogens with zero attached hydrogens (tertiary/aromatic N) is 1. The molecule has 0 bridgehead atoms. The number of rotatable bonds is 3. The highest BCUT2D eigenvalue weighted by atomic mass is 16.6. The summed E-state index contributed by atoms with van der Waals surface area (Å²) in [7, 11) is 0. The van der Waals surface area contributed by atoms with Crippen LogP contribution in [0.5, 0.6) is 0 Å². The van der Waals surface area contributed by atoms with Crippen LogP contribution in [0.2, 0.25) is 0 Å². The first-order chi connectivity index (χ1) is 8.27. The van der Waals surface area contributed by atoms with Crippen molar-refractivity contribution in [2.24, 2.45) is 5.16 Å². The molecule has 4 heteroatoms. The second-order valence-corrected chi connectivity index (χ2v) is 3.90. The van der Waals surface area contributed by atoms with Crippen molar-refractivity contribution in [3.63, 3.8) is 0 Å². The van der Waals surface area contributed by atoms with Crippen LogP contribution < -0.4 is 0 Å². The first kappa shape index (κ1) is 11.5. The largest absolute Gasteiger partial charge is 0.391 e. The fourth-order valence-electron chi connectivity index (χ4n) is 1.65. The van der Waals surface area contributed by atoms with Gasteiger partial charge in [-0.1, -0.05) is 35.5 Å². The molecule has 0 amide bonds. The molecule has 1 aromatic carbocycles. The van der Waals surface area contributed by atoms with Crippen LogP contribution in [0.3, 0.4) is 0 Å². The summed E-state index contributed by atoms with van der Waals surface area (Å²) in [6.07, 6.45) is 1.54. The average molecular weight is 231 g/mol. The summed E-state index contributed by atoms with van der Waals surface area (Å²) in [5.74, 6) is -0.859. The summed E-state index contributed by atoms with van der Waals surface area (Å²) >= 11 is 0. The SMILES string of the molecule is O=C1CCC/C(=N/OCc2ccccc2)C1=O. The molecule has 4 nitrogen and oxygen atoms in total. The van der Waals surface area contributed by atoms with E-state index in [9.17, 15) is 9.59 Å². The van der Waals surface area contributed by atoms with Gasteiger partial charge in [-0.2, -0.15) is 0 Å². The molecule has 0 N–H and O–H groups in total. The van der Waals surface area contributed by atoms with Crippen molar-refractivity contribution in [1.29, 1.82) is 0 Å². The Morgan fingerprint density at radius 3 is 2.65 bits per heavy atom. The number of carbonyl (C=O) groups is 2. The highest BCUT2D eigenvalue weighted by Crippen LogP contribution is 2.10. The first-order valence-electron chi connectivity index (χ1n) is 5.57. The summed E-state index contributed by atoms with van der Waals surface area (Å²) in [6, 6.07) is 9.54. The molecule has 0 radical (unpaired) electrons. The van der Waals surface area contributed by atoms with Crippen LogP contribution in [-0.2, 0) is 21.0 Å². The Bertz CT molecular complexity index is 451. The van der Waals surface area contributed by atoms with E-state index in [-0.39, 0.29) is 11.5 Å². The van der Waals surface area contributed by atoms with Gasteiger partial charge in [-0.25, -0.2) is 0 Å². The standard InChI is InChI=1S/C13H13NO3/c15-12-8-4-7-11(13(12)16)14-17-9-10-5-2-1-3-6-10/h1-3,5-6H,4,7-9H2/b14-11-. The molecular formula is C13H13NO3. The Hall–Kier alpha value is -1.97. The zero-order chi connectivity index (χ0) is 12.1. The fraction of sp³-hybridized carbons (Fsp3) is 0.308. The minimum absolute atomic E-state index is 0.247. The third-order valence-corrected chi connectivity index (χ3v) is 2.58. The Balaban J connectivity index is 1.92. The van der Waals surface area contributed by atoms with Crippen molar-refractivity contribution in [3.8, 4) is 0 Å². The molecule has 0 aromatic heterocycles. The van der Waals surface area contributed by atoms with Crippen LogP contribution in [0.1, 0.15) is 24.8 Å². The number of carbonyl (C=O) groups excluding carboxylic acids is 2. The lowest BCUT2D eigenvalue weighted by Gasteiger charge is -2.09. The van der Waals surface area contributed by atoms with E-state index in [1.165, 1.54) is 0 Å². The van der Waals surface area contributed by atoms with E-state index in [1.54, 1.807) is 0 Å². The maximum absolute atomic E-state index is 11.4. The van der Waals surface area contributed by atoms with Crippen molar-refractivity contribution < 1.29 is 14.4 Å². The molecular weight excluding hydrogens is 218 g/mol. The average Bonchev–Trinajstić information content (AvgIpc) is 2.36. The number of ketones is 2. The van der Waals surface area contributed by atoms with Gasteiger partial charge in [0, 0.05) is 6.42 Å². The van der Waals surface area contributed by atoms with Gasteiger partial charge < -0.3 is 4.84 Å².